The molecule has 0 heterocycles. The summed E-state index contributed by atoms with van der Waals surface area (Å²) in [7, 11) is 0. The van der Waals surface area contributed by atoms with Crippen molar-refractivity contribution in [1.82, 2.24) is 5.32 Å². The van der Waals surface area contributed by atoms with E-state index in [9.17, 15) is 4.39 Å². The van der Waals surface area contributed by atoms with Gasteiger partial charge in [-0.3, -0.25) is 0 Å². The Hall–Kier alpha value is -0.600. The molecule has 1 aromatic rings. The molecule has 0 atom stereocenters. The number of hydrogen-bond acceptors (Lipinski definition) is 1. The summed E-state index contributed by atoms with van der Waals surface area (Å²) < 4.78 is 13.0. The highest BCUT2D eigenvalue weighted by Crippen LogP contribution is 2.21. The summed E-state index contributed by atoms with van der Waals surface area (Å²) in [5.74, 6) is 0.540. The topological polar surface area (TPSA) is 12.0 Å². The minimum absolute atomic E-state index is 0.175. The van der Waals surface area contributed by atoms with Gasteiger partial charge in [0.05, 0.1) is 0 Å². The maximum absolute atomic E-state index is 13.0. The van der Waals surface area contributed by atoms with E-state index in [1.807, 2.05) is 6.07 Å². The molecule has 0 unspecified atom stereocenters. The number of nitrogens with one attached hydrogen (secondary N) is 1. The molecular formula is C14H21ClFN. The van der Waals surface area contributed by atoms with Gasteiger partial charge in [-0.1, -0.05) is 26.0 Å². The molecule has 0 bridgehead atoms. The molecule has 0 radical (unpaired) electrons. The van der Waals surface area contributed by atoms with Gasteiger partial charge in [-0.15, -0.1) is 11.6 Å². The Morgan fingerprint density at radius 2 is 2.12 bits per heavy atom. The van der Waals surface area contributed by atoms with Crippen LogP contribution < -0.4 is 5.32 Å². The maximum Gasteiger partial charge on any atom is 0.123 e. The van der Waals surface area contributed by atoms with Gasteiger partial charge in [0.25, 0.3) is 0 Å². The summed E-state index contributed by atoms with van der Waals surface area (Å²) in [6, 6.07) is 6.71. The summed E-state index contributed by atoms with van der Waals surface area (Å²) in [6.07, 6.45) is 2.14. The molecular weight excluding hydrogens is 237 g/mol. The summed E-state index contributed by atoms with van der Waals surface area (Å²) in [5, 5.41) is 3.37. The van der Waals surface area contributed by atoms with Crippen molar-refractivity contribution >= 4 is 11.6 Å². The second-order valence-corrected chi connectivity index (χ2v) is 5.57. The molecule has 0 spiro atoms. The Balaban J connectivity index is 2.32. The second kappa shape index (κ2) is 6.97. The van der Waals surface area contributed by atoms with E-state index in [1.165, 1.54) is 6.07 Å². The van der Waals surface area contributed by atoms with Crippen molar-refractivity contribution in [2.24, 2.45) is 5.41 Å². The molecule has 0 saturated heterocycles. The predicted octanol–water partition coefficient (Wildman–Crippen LogP) is 3.96. The van der Waals surface area contributed by atoms with E-state index < -0.39 is 0 Å². The Kier molecular flexibility index (Phi) is 5.93. The first-order chi connectivity index (χ1) is 8.03. The second-order valence-electron chi connectivity index (χ2n) is 5.19. The first kappa shape index (κ1) is 14.5. The van der Waals surface area contributed by atoms with Crippen LogP contribution in [0.1, 0.15) is 32.3 Å². The van der Waals surface area contributed by atoms with Crippen LogP contribution in [0.5, 0.6) is 0 Å². The van der Waals surface area contributed by atoms with Crippen LogP contribution in [0, 0.1) is 11.2 Å². The van der Waals surface area contributed by atoms with E-state index in [0.717, 1.165) is 24.9 Å². The standard InChI is InChI=1S/C14H21ClFN/c1-14(2,7-4-8-15)11-17-10-12-5-3-6-13(16)9-12/h3,5-6,9,17H,4,7-8,10-11H2,1-2H3. The molecule has 0 aliphatic carbocycles. The van der Waals surface area contributed by atoms with Crippen LogP contribution in [0.15, 0.2) is 24.3 Å². The fourth-order valence-electron chi connectivity index (χ4n) is 1.83. The SMILES string of the molecule is CC(C)(CCCCl)CNCc1cccc(F)c1. The summed E-state index contributed by atoms with van der Waals surface area (Å²) in [6.45, 7) is 6.07. The zero-order valence-corrected chi connectivity index (χ0v) is 11.4. The number of halogens is 2. The molecule has 3 heteroatoms. The van der Waals surface area contributed by atoms with Crippen LogP contribution in [-0.4, -0.2) is 12.4 Å². The van der Waals surface area contributed by atoms with Crippen LogP contribution in [0.4, 0.5) is 4.39 Å². The number of rotatable bonds is 7. The van der Waals surface area contributed by atoms with Gasteiger partial charge >= 0.3 is 0 Å². The average molecular weight is 258 g/mol. The van der Waals surface area contributed by atoms with Gasteiger partial charge < -0.3 is 5.32 Å². The third-order valence-corrected chi connectivity index (χ3v) is 3.08. The Bertz CT molecular complexity index is 339. The third-order valence-electron chi connectivity index (χ3n) is 2.81. The minimum atomic E-state index is -0.175. The van der Waals surface area contributed by atoms with Gasteiger partial charge in [0.2, 0.25) is 0 Å². The lowest BCUT2D eigenvalue weighted by Crippen LogP contribution is -2.29. The molecule has 96 valence electrons. The van der Waals surface area contributed by atoms with Crippen molar-refractivity contribution in [1.29, 1.82) is 0 Å². The van der Waals surface area contributed by atoms with E-state index >= 15 is 0 Å². The van der Waals surface area contributed by atoms with Crippen molar-refractivity contribution in [2.45, 2.75) is 33.2 Å². The largest absolute Gasteiger partial charge is 0.312 e. The molecule has 0 aliphatic rings. The molecule has 17 heavy (non-hydrogen) atoms. The van der Waals surface area contributed by atoms with Crippen molar-refractivity contribution in [3.05, 3.63) is 35.6 Å². The first-order valence-corrected chi connectivity index (χ1v) is 6.58. The van der Waals surface area contributed by atoms with Crippen molar-refractivity contribution < 1.29 is 4.39 Å². The lowest BCUT2D eigenvalue weighted by molar-refractivity contribution is 0.311. The summed E-state index contributed by atoms with van der Waals surface area (Å²) in [5.41, 5.74) is 1.22. The van der Waals surface area contributed by atoms with Crippen LogP contribution >= 0.6 is 11.6 Å². The number of hydrogen-bond donors (Lipinski definition) is 1. The molecule has 0 saturated carbocycles. The van der Waals surface area contributed by atoms with Crippen molar-refractivity contribution in [3.63, 3.8) is 0 Å². The van der Waals surface area contributed by atoms with Crippen LogP contribution in [0.2, 0.25) is 0 Å². The van der Waals surface area contributed by atoms with Gasteiger partial charge in [-0.25, -0.2) is 4.39 Å². The zero-order chi connectivity index (χ0) is 12.7. The molecule has 0 aliphatic heterocycles. The van der Waals surface area contributed by atoms with Crippen LogP contribution in [-0.2, 0) is 6.54 Å². The Morgan fingerprint density at radius 1 is 1.35 bits per heavy atom. The molecule has 1 rings (SSSR count). The third kappa shape index (κ3) is 6.04. The maximum atomic E-state index is 13.0. The van der Waals surface area contributed by atoms with Crippen LogP contribution in [0.3, 0.4) is 0 Å². The lowest BCUT2D eigenvalue weighted by Gasteiger charge is -2.24. The molecule has 1 nitrogen and oxygen atoms in total. The fourth-order valence-corrected chi connectivity index (χ4v) is 1.96. The number of alkyl halides is 1. The molecule has 1 aromatic carbocycles. The minimum Gasteiger partial charge on any atom is -0.312 e. The van der Waals surface area contributed by atoms with Gasteiger partial charge in [0.15, 0.2) is 0 Å². The van der Waals surface area contributed by atoms with Gasteiger partial charge in [-0.05, 0) is 36.0 Å². The van der Waals surface area contributed by atoms with Gasteiger partial charge in [-0.2, -0.15) is 0 Å². The van der Waals surface area contributed by atoms with Crippen molar-refractivity contribution in [3.8, 4) is 0 Å². The van der Waals surface area contributed by atoms with Gasteiger partial charge in [0.1, 0.15) is 5.82 Å². The van der Waals surface area contributed by atoms with Gasteiger partial charge in [0, 0.05) is 19.0 Å². The molecule has 0 amide bonds. The summed E-state index contributed by atoms with van der Waals surface area (Å²) >= 11 is 5.69. The highest BCUT2D eigenvalue weighted by molar-refractivity contribution is 6.17. The van der Waals surface area contributed by atoms with Crippen molar-refractivity contribution in [2.75, 3.05) is 12.4 Å². The van der Waals surface area contributed by atoms with E-state index in [2.05, 4.69) is 19.2 Å². The predicted molar refractivity (Wildman–Crippen MR) is 71.8 cm³/mol. The van der Waals surface area contributed by atoms with Crippen LogP contribution in [0.25, 0.3) is 0 Å². The Labute approximate surface area is 108 Å². The summed E-state index contributed by atoms with van der Waals surface area (Å²) in [4.78, 5) is 0. The molecule has 0 aromatic heterocycles. The highest BCUT2D eigenvalue weighted by Gasteiger charge is 2.16. The smallest absolute Gasteiger partial charge is 0.123 e. The molecule has 1 N–H and O–H groups in total. The molecule has 0 fully saturated rings. The number of benzene rings is 1. The lowest BCUT2D eigenvalue weighted by atomic mass is 9.88. The fraction of sp³-hybridized carbons (Fsp3) is 0.571. The van der Waals surface area contributed by atoms with E-state index in [4.69, 9.17) is 11.6 Å². The van der Waals surface area contributed by atoms with E-state index in [1.54, 1.807) is 12.1 Å². The van der Waals surface area contributed by atoms with E-state index in [0.29, 0.717) is 12.4 Å². The quantitative estimate of drug-likeness (QED) is 0.729. The average Bonchev–Trinajstić information content (AvgIpc) is 2.26. The monoisotopic (exact) mass is 257 g/mol. The zero-order valence-electron chi connectivity index (χ0n) is 10.6. The highest BCUT2D eigenvalue weighted by atomic mass is 35.5. The normalized spacial score (nSPS) is 11.8. The Morgan fingerprint density at radius 3 is 2.76 bits per heavy atom. The van der Waals surface area contributed by atoms with E-state index in [-0.39, 0.29) is 11.2 Å². The first-order valence-electron chi connectivity index (χ1n) is 6.05.